The van der Waals surface area contributed by atoms with E-state index in [0.717, 1.165) is 73.1 Å². The van der Waals surface area contributed by atoms with Crippen LogP contribution in [0.4, 0.5) is 0 Å². The lowest BCUT2D eigenvalue weighted by molar-refractivity contribution is -0.176. The molecule has 12 aromatic carbocycles. The van der Waals surface area contributed by atoms with Gasteiger partial charge in [-0.3, -0.25) is 10.5 Å². The van der Waals surface area contributed by atoms with Gasteiger partial charge in [0.2, 0.25) is 0 Å². The molecule has 4 nitrogen and oxygen atoms in total. The molecule has 0 atom stereocenters. The van der Waals surface area contributed by atoms with Crippen molar-refractivity contribution >= 4 is 166 Å². The number of fused-ring (bicyclic) bond motifs is 10. The summed E-state index contributed by atoms with van der Waals surface area (Å²) in [5, 5.41) is 30.5. The van der Waals surface area contributed by atoms with Gasteiger partial charge in [0.1, 0.15) is 0 Å². The topological polar surface area (TPSA) is 74.6 Å². The van der Waals surface area contributed by atoms with Crippen molar-refractivity contribution in [1.29, 1.82) is 0 Å². The lowest BCUT2D eigenvalue weighted by Gasteiger charge is -2.25. The molecule has 366 valence electrons. The molecule has 0 heterocycles. The lowest BCUT2D eigenvalue weighted by atomic mass is 9.97. The molecule has 0 aliphatic heterocycles. The number of alkyl halides is 2. The summed E-state index contributed by atoms with van der Waals surface area (Å²) in [5.74, 6) is 0. The fraction of sp³-hybridized carbons (Fsp3) is 0.0476. The third kappa shape index (κ3) is 10.3. The molecular formula is C63H52Br2Cl2O4P2. The van der Waals surface area contributed by atoms with Crippen LogP contribution in [0.5, 0.6) is 0 Å². The Labute approximate surface area is 453 Å². The third-order valence-electron chi connectivity index (χ3n) is 12.8. The maximum absolute atomic E-state index is 15.8. The lowest BCUT2D eigenvalue weighted by Crippen LogP contribution is -2.27. The Morgan fingerprint density at radius 2 is 0.493 bits per heavy atom. The molecular weight excluding hydrogens is 1110 g/mol. The average molecular weight is 1170 g/mol. The van der Waals surface area contributed by atoms with Crippen molar-refractivity contribution in [1.82, 2.24) is 0 Å². The van der Waals surface area contributed by atoms with E-state index in [1.165, 1.54) is 32.3 Å². The van der Waals surface area contributed by atoms with E-state index in [-0.39, 0.29) is 20.2 Å². The molecule has 0 bridgehead atoms. The molecule has 0 saturated carbocycles. The summed E-state index contributed by atoms with van der Waals surface area (Å²) in [6.07, 6.45) is 0. The predicted octanol–water partition coefficient (Wildman–Crippen LogP) is 17.8. The van der Waals surface area contributed by atoms with Gasteiger partial charge in [-0.1, -0.05) is 265 Å². The summed E-state index contributed by atoms with van der Waals surface area (Å²) in [6, 6.07) is 81.5. The normalized spacial score (nSPS) is 11.1. The monoisotopic (exact) mass is 1160 g/mol. The van der Waals surface area contributed by atoms with Crippen LogP contribution >= 0.6 is 69.3 Å². The Bertz CT molecular complexity index is 3600. The largest absolute Gasteiger partial charge is 0.309 e. The number of benzene rings is 12. The number of hydrogen-bond acceptors (Lipinski definition) is 4. The summed E-state index contributed by atoms with van der Waals surface area (Å²) in [6.45, 7) is 0. The van der Waals surface area contributed by atoms with Gasteiger partial charge in [-0.25, -0.2) is 0 Å². The smallest absolute Gasteiger partial charge is 0.171 e. The van der Waals surface area contributed by atoms with E-state index in [1.54, 1.807) is 0 Å². The molecule has 0 amide bonds. The van der Waals surface area contributed by atoms with Gasteiger partial charge in [-0.15, -0.1) is 23.2 Å². The minimum absolute atomic E-state index is 0. The molecule has 0 radical (unpaired) electrons. The van der Waals surface area contributed by atoms with Gasteiger partial charge in [-0.05, 0) is 88.9 Å². The first-order valence-electron chi connectivity index (χ1n) is 22.6. The van der Waals surface area contributed by atoms with Gasteiger partial charge in [0.25, 0.3) is 0 Å². The Hall–Kier alpha value is -5.88. The first-order chi connectivity index (χ1) is 34.8. The Morgan fingerprint density at radius 1 is 0.301 bits per heavy atom. The van der Waals surface area contributed by atoms with Crippen molar-refractivity contribution in [3.63, 3.8) is 0 Å². The van der Waals surface area contributed by atoms with Gasteiger partial charge in [0, 0.05) is 40.8 Å². The van der Waals surface area contributed by atoms with E-state index in [9.17, 15) is 0 Å². The van der Waals surface area contributed by atoms with E-state index in [1.807, 2.05) is 146 Å². The molecule has 12 aromatic rings. The molecule has 0 aliphatic rings. The highest BCUT2D eigenvalue weighted by Gasteiger charge is 2.35. The minimum atomic E-state index is -3.30. The second-order valence-electron chi connectivity index (χ2n) is 16.5. The summed E-state index contributed by atoms with van der Waals surface area (Å²) in [4.78, 5) is 0. The zero-order chi connectivity index (χ0) is 49.5. The first-order valence-corrected chi connectivity index (χ1v) is 28.6. The quantitative estimate of drug-likeness (QED) is 0.0572. The molecule has 0 spiro atoms. The Morgan fingerprint density at radius 3 is 0.753 bits per heavy atom. The van der Waals surface area contributed by atoms with Crippen LogP contribution in [0.1, 0.15) is 14.9 Å². The van der Waals surface area contributed by atoms with Crippen LogP contribution in [0.3, 0.4) is 0 Å². The van der Waals surface area contributed by atoms with E-state index in [0.29, 0.717) is 0 Å². The molecule has 10 heteroatoms. The van der Waals surface area contributed by atoms with Crippen molar-refractivity contribution in [3.05, 3.63) is 252 Å². The highest BCUT2D eigenvalue weighted by atomic mass is 79.9. The van der Waals surface area contributed by atoms with Crippen LogP contribution < -0.4 is 31.8 Å². The molecule has 0 unspecified atom stereocenters. The maximum atomic E-state index is 15.8. The summed E-state index contributed by atoms with van der Waals surface area (Å²) in [5.41, 5.74) is 0. The molecule has 0 fully saturated rings. The highest BCUT2D eigenvalue weighted by molar-refractivity contribution is 9.11. The van der Waals surface area contributed by atoms with E-state index in [4.69, 9.17) is 33.7 Å². The fourth-order valence-electron chi connectivity index (χ4n) is 9.70. The van der Waals surface area contributed by atoms with Crippen LogP contribution in [0.2, 0.25) is 0 Å². The standard InChI is InChI=1S/C42H30O2P2.C18H10Br2.CH2Cl2.2CH4.H2O2/c43-45(31-17-5-1-6-18-31,32-19-7-2-8-20-32)41-29-39-36-26-14-16-28-38(36)42(30-40(39)35-25-13-15-27-37(35)41)46(44,33-21-9-3-10-22-33)34-23-11-4-12-24-34;19-17-10-16-12-6-2-4-8-14(12)18(20)9-15(16)11-5-1-3-7-13(11)17;2-1-3;;;1-2/h1-30H;1-10H;1H2;2*1H4;1-2H. The predicted molar refractivity (Wildman–Crippen MR) is 327 cm³/mol. The number of rotatable bonds is 6. The fourth-order valence-corrected chi connectivity index (χ4v) is 16.6. The third-order valence-corrected chi connectivity index (χ3v) is 20.3. The van der Waals surface area contributed by atoms with Crippen LogP contribution in [0.25, 0.3) is 64.6 Å². The van der Waals surface area contributed by atoms with Crippen LogP contribution in [-0.4, -0.2) is 15.9 Å². The maximum Gasteiger partial charge on any atom is 0.171 e. The van der Waals surface area contributed by atoms with Crippen LogP contribution in [0.15, 0.2) is 252 Å². The summed E-state index contributed by atoms with van der Waals surface area (Å²) < 4.78 is 33.8. The molecule has 0 aromatic heterocycles. The minimum Gasteiger partial charge on any atom is -0.309 e. The van der Waals surface area contributed by atoms with Crippen LogP contribution in [-0.2, 0) is 9.13 Å². The molecule has 73 heavy (non-hydrogen) atoms. The average Bonchev–Trinajstić information content (AvgIpc) is 3.44. The Kier molecular flexibility index (Phi) is 18.4. The van der Waals surface area contributed by atoms with Crippen LogP contribution in [0, 0.1) is 0 Å². The van der Waals surface area contributed by atoms with Crippen molar-refractivity contribution in [2.75, 3.05) is 5.34 Å². The molecule has 2 N–H and O–H groups in total. The number of halogens is 4. The zero-order valence-corrected chi connectivity index (χ0v) is 44.4. The van der Waals surface area contributed by atoms with Crippen molar-refractivity contribution < 1.29 is 19.6 Å². The second kappa shape index (κ2) is 24.4. The second-order valence-corrected chi connectivity index (χ2v) is 24.5. The van der Waals surface area contributed by atoms with E-state index < -0.39 is 14.3 Å². The molecule has 12 rings (SSSR count). The van der Waals surface area contributed by atoms with Gasteiger partial charge in [-0.2, -0.15) is 0 Å². The van der Waals surface area contributed by atoms with Crippen molar-refractivity contribution in [3.8, 4) is 0 Å². The summed E-state index contributed by atoms with van der Waals surface area (Å²) >= 11 is 16.9. The molecule has 0 aliphatic carbocycles. The number of hydrogen-bond donors (Lipinski definition) is 2. The highest BCUT2D eigenvalue weighted by Crippen LogP contribution is 2.49. The van der Waals surface area contributed by atoms with Crippen molar-refractivity contribution in [2.45, 2.75) is 14.9 Å². The molecule has 0 saturated heterocycles. The van der Waals surface area contributed by atoms with Gasteiger partial charge >= 0.3 is 0 Å². The van der Waals surface area contributed by atoms with E-state index >= 15 is 9.13 Å². The van der Waals surface area contributed by atoms with E-state index in [2.05, 4.69) is 129 Å². The SMILES string of the molecule is Brc1cc2c3ccccc3c(Br)cc2c2ccccc12.C.C.ClCCl.O=P(c1ccccc1)(c1ccccc1)c1cc2c3ccccc3c(P(=O)(c3ccccc3)c3ccccc3)cc2c2ccccc12.OO. The van der Waals surface area contributed by atoms with Gasteiger partial charge < -0.3 is 9.13 Å². The first kappa shape index (κ1) is 54.9. The van der Waals surface area contributed by atoms with Crippen molar-refractivity contribution in [2.24, 2.45) is 0 Å². The van der Waals surface area contributed by atoms with Gasteiger partial charge in [0.15, 0.2) is 14.3 Å². The Balaban J connectivity index is 0.000000241. The van der Waals surface area contributed by atoms with Gasteiger partial charge in [0.05, 0.1) is 5.34 Å². The summed E-state index contributed by atoms with van der Waals surface area (Å²) in [7, 11) is -6.60. The zero-order valence-electron chi connectivity index (χ0n) is 37.9.